The molecule has 0 saturated heterocycles. The number of sulfonamides is 1. The van der Waals surface area contributed by atoms with Crippen LogP contribution in [0.2, 0.25) is 5.02 Å². The molecular weight excluding hydrogens is 328 g/mol. The Kier molecular flexibility index (Phi) is 5.24. The Morgan fingerprint density at radius 1 is 1.47 bits per heavy atom. The van der Waals surface area contributed by atoms with Crippen molar-refractivity contribution < 1.29 is 8.42 Å². The van der Waals surface area contributed by atoms with Gasteiger partial charge in [0.1, 0.15) is 0 Å². The molecule has 3 N–H and O–H groups in total. The Labute approximate surface area is 115 Å². The number of anilines is 1. The van der Waals surface area contributed by atoms with Crippen LogP contribution in [-0.4, -0.2) is 15.0 Å². The molecule has 0 spiro atoms. The first-order valence-electron chi connectivity index (χ1n) is 5.12. The summed E-state index contributed by atoms with van der Waals surface area (Å²) in [5, 5.41) is 0.293. The van der Waals surface area contributed by atoms with E-state index in [1.165, 1.54) is 12.1 Å². The zero-order chi connectivity index (χ0) is 13.1. The van der Waals surface area contributed by atoms with Crippen LogP contribution in [0.3, 0.4) is 0 Å². The van der Waals surface area contributed by atoms with Crippen molar-refractivity contribution in [2.45, 2.75) is 24.7 Å². The Hall–Kier alpha value is -0.300. The predicted octanol–water partition coefficient (Wildman–Crippen LogP) is 2.76. The van der Waals surface area contributed by atoms with Gasteiger partial charge in [0, 0.05) is 17.3 Å². The van der Waals surface area contributed by atoms with Crippen LogP contribution in [0.25, 0.3) is 0 Å². The lowest BCUT2D eigenvalue weighted by Crippen LogP contribution is -2.25. The standard InChI is InChI=1S/C10H14BrClN2O2S/c1-2-3-4-14-17(15,16)9-6-7(12)5-8(13)10(9)11/h5-6,14H,2-4,13H2,1H3. The normalized spacial score (nSPS) is 11.7. The topological polar surface area (TPSA) is 72.2 Å². The van der Waals surface area contributed by atoms with E-state index in [0.29, 0.717) is 21.7 Å². The maximum atomic E-state index is 12.0. The highest BCUT2D eigenvalue weighted by atomic mass is 79.9. The molecule has 0 aliphatic heterocycles. The highest BCUT2D eigenvalue weighted by Gasteiger charge is 2.19. The van der Waals surface area contributed by atoms with E-state index in [0.717, 1.165) is 12.8 Å². The molecule has 7 heteroatoms. The van der Waals surface area contributed by atoms with Crippen LogP contribution in [0.4, 0.5) is 5.69 Å². The van der Waals surface area contributed by atoms with Crippen molar-refractivity contribution in [3.05, 3.63) is 21.6 Å². The molecular formula is C10H14BrClN2O2S. The molecule has 4 nitrogen and oxygen atoms in total. The molecule has 0 aliphatic rings. The Balaban J connectivity index is 3.06. The molecule has 0 amide bonds. The van der Waals surface area contributed by atoms with Crippen molar-refractivity contribution in [3.63, 3.8) is 0 Å². The highest BCUT2D eigenvalue weighted by molar-refractivity contribution is 9.10. The summed E-state index contributed by atoms with van der Waals surface area (Å²) in [5.74, 6) is 0. The number of unbranched alkanes of at least 4 members (excludes halogenated alkanes) is 1. The van der Waals surface area contributed by atoms with Gasteiger partial charge in [0.25, 0.3) is 0 Å². The number of rotatable bonds is 5. The third-order valence-corrected chi connectivity index (χ3v) is 4.99. The van der Waals surface area contributed by atoms with Gasteiger partial charge >= 0.3 is 0 Å². The van der Waals surface area contributed by atoms with E-state index >= 15 is 0 Å². The second kappa shape index (κ2) is 6.04. The van der Waals surface area contributed by atoms with Crippen LogP contribution in [0, 0.1) is 0 Å². The van der Waals surface area contributed by atoms with Gasteiger partial charge < -0.3 is 5.73 Å². The lowest BCUT2D eigenvalue weighted by Gasteiger charge is -2.10. The molecule has 0 unspecified atom stereocenters. The van der Waals surface area contributed by atoms with Crippen molar-refractivity contribution in [1.82, 2.24) is 4.72 Å². The number of hydrogen-bond acceptors (Lipinski definition) is 3. The van der Waals surface area contributed by atoms with E-state index in [9.17, 15) is 8.42 Å². The smallest absolute Gasteiger partial charge is 0.241 e. The quantitative estimate of drug-likeness (QED) is 0.639. The summed E-state index contributed by atoms with van der Waals surface area (Å²) >= 11 is 8.95. The third-order valence-electron chi connectivity index (χ3n) is 2.14. The fourth-order valence-corrected chi connectivity index (χ4v) is 3.61. The molecule has 1 rings (SSSR count). The summed E-state index contributed by atoms with van der Waals surface area (Å²) in [5.41, 5.74) is 5.95. The predicted molar refractivity (Wildman–Crippen MR) is 73.7 cm³/mol. The van der Waals surface area contributed by atoms with Gasteiger partial charge in [-0.15, -0.1) is 0 Å². The highest BCUT2D eigenvalue weighted by Crippen LogP contribution is 2.31. The molecule has 0 aromatic heterocycles. The third kappa shape index (κ3) is 3.84. The number of hydrogen-bond donors (Lipinski definition) is 2. The second-order valence-electron chi connectivity index (χ2n) is 3.56. The average molecular weight is 342 g/mol. The Morgan fingerprint density at radius 2 is 2.12 bits per heavy atom. The molecule has 1 aromatic rings. The van der Waals surface area contributed by atoms with Gasteiger partial charge in [-0.25, -0.2) is 13.1 Å². The number of nitrogen functional groups attached to an aromatic ring is 1. The summed E-state index contributed by atoms with van der Waals surface area (Å²) in [4.78, 5) is 0.0682. The molecule has 0 fully saturated rings. The molecule has 1 aromatic carbocycles. The lowest BCUT2D eigenvalue weighted by atomic mass is 10.3. The van der Waals surface area contributed by atoms with Gasteiger partial charge in [-0.3, -0.25) is 0 Å². The van der Waals surface area contributed by atoms with E-state index in [2.05, 4.69) is 20.7 Å². The summed E-state index contributed by atoms with van der Waals surface area (Å²) in [7, 11) is -3.57. The van der Waals surface area contributed by atoms with Gasteiger partial charge in [-0.1, -0.05) is 24.9 Å². The maximum Gasteiger partial charge on any atom is 0.241 e. The fraction of sp³-hybridized carbons (Fsp3) is 0.400. The average Bonchev–Trinajstić information content (AvgIpc) is 2.23. The van der Waals surface area contributed by atoms with Crippen molar-refractivity contribution in [1.29, 1.82) is 0 Å². The zero-order valence-electron chi connectivity index (χ0n) is 9.33. The van der Waals surface area contributed by atoms with Crippen LogP contribution < -0.4 is 10.5 Å². The van der Waals surface area contributed by atoms with Gasteiger partial charge in [-0.2, -0.15) is 0 Å². The minimum Gasteiger partial charge on any atom is -0.398 e. The van der Waals surface area contributed by atoms with Crippen molar-refractivity contribution in [2.75, 3.05) is 12.3 Å². The molecule has 0 radical (unpaired) electrons. The first kappa shape index (κ1) is 14.8. The van der Waals surface area contributed by atoms with Crippen molar-refractivity contribution in [3.8, 4) is 0 Å². The fourth-order valence-electron chi connectivity index (χ4n) is 1.24. The van der Waals surface area contributed by atoms with Gasteiger partial charge in [0.15, 0.2) is 0 Å². The first-order valence-corrected chi connectivity index (χ1v) is 7.78. The van der Waals surface area contributed by atoms with Gasteiger partial charge in [0.2, 0.25) is 10.0 Å². The van der Waals surface area contributed by atoms with Crippen LogP contribution in [-0.2, 0) is 10.0 Å². The monoisotopic (exact) mass is 340 g/mol. The number of nitrogens with two attached hydrogens (primary N) is 1. The van der Waals surface area contributed by atoms with Gasteiger partial charge in [-0.05, 0) is 34.5 Å². The molecule has 0 aliphatic carbocycles. The molecule has 0 heterocycles. The van der Waals surface area contributed by atoms with E-state index in [4.69, 9.17) is 17.3 Å². The second-order valence-corrected chi connectivity index (χ2v) is 6.52. The molecule has 0 atom stereocenters. The van der Waals surface area contributed by atoms with Gasteiger partial charge in [0.05, 0.1) is 9.37 Å². The van der Waals surface area contributed by atoms with Crippen LogP contribution in [0.1, 0.15) is 19.8 Å². The van der Waals surface area contributed by atoms with E-state index in [1.807, 2.05) is 6.92 Å². The summed E-state index contributed by atoms with van der Waals surface area (Å²) in [6.07, 6.45) is 1.70. The van der Waals surface area contributed by atoms with Crippen molar-refractivity contribution in [2.24, 2.45) is 0 Å². The largest absolute Gasteiger partial charge is 0.398 e. The van der Waals surface area contributed by atoms with E-state index in [-0.39, 0.29) is 4.90 Å². The van der Waals surface area contributed by atoms with Crippen LogP contribution in [0.15, 0.2) is 21.5 Å². The maximum absolute atomic E-state index is 12.0. The molecule has 0 saturated carbocycles. The Bertz CT molecular complexity index is 505. The number of nitrogens with one attached hydrogen (secondary N) is 1. The summed E-state index contributed by atoms with van der Waals surface area (Å²) in [6.45, 7) is 2.39. The Morgan fingerprint density at radius 3 is 2.71 bits per heavy atom. The number of halogens is 2. The SMILES string of the molecule is CCCCNS(=O)(=O)c1cc(Cl)cc(N)c1Br. The van der Waals surface area contributed by atoms with E-state index < -0.39 is 10.0 Å². The zero-order valence-corrected chi connectivity index (χ0v) is 12.5. The lowest BCUT2D eigenvalue weighted by molar-refractivity contribution is 0.578. The first-order chi connectivity index (χ1) is 7.88. The van der Waals surface area contributed by atoms with Crippen LogP contribution >= 0.6 is 27.5 Å². The minimum atomic E-state index is -3.57. The summed E-state index contributed by atoms with van der Waals surface area (Å²) < 4.78 is 26.8. The molecule has 17 heavy (non-hydrogen) atoms. The van der Waals surface area contributed by atoms with E-state index in [1.54, 1.807) is 0 Å². The molecule has 96 valence electrons. The summed E-state index contributed by atoms with van der Waals surface area (Å²) in [6, 6.07) is 2.87. The van der Waals surface area contributed by atoms with Crippen LogP contribution in [0.5, 0.6) is 0 Å². The number of benzene rings is 1. The molecule has 0 bridgehead atoms. The van der Waals surface area contributed by atoms with Crippen molar-refractivity contribution >= 4 is 43.2 Å². The minimum absolute atomic E-state index is 0.0682.